The van der Waals surface area contributed by atoms with Gasteiger partial charge in [0.15, 0.2) is 9.84 Å². The summed E-state index contributed by atoms with van der Waals surface area (Å²) in [5.41, 5.74) is -0.110. The maximum absolute atomic E-state index is 12.2. The van der Waals surface area contributed by atoms with E-state index in [-0.39, 0.29) is 24.0 Å². The van der Waals surface area contributed by atoms with Gasteiger partial charge in [-0.05, 0) is 18.9 Å². The lowest BCUT2D eigenvalue weighted by Crippen LogP contribution is -2.48. The summed E-state index contributed by atoms with van der Waals surface area (Å²) in [6.45, 7) is 1.48. The lowest BCUT2D eigenvalue weighted by atomic mass is 9.92. The monoisotopic (exact) mass is 297 g/mol. The third-order valence-corrected chi connectivity index (χ3v) is 5.50. The number of benzene rings is 1. The Kier molecular flexibility index (Phi) is 4.15. The molecule has 5 nitrogen and oxygen atoms in total. The first-order valence-corrected chi connectivity index (χ1v) is 8.37. The van der Waals surface area contributed by atoms with Gasteiger partial charge in [-0.15, -0.1) is 0 Å². The van der Waals surface area contributed by atoms with Crippen LogP contribution in [0.3, 0.4) is 0 Å². The van der Waals surface area contributed by atoms with Gasteiger partial charge in [0.1, 0.15) is 0 Å². The Balaban J connectivity index is 2.13. The summed E-state index contributed by atoms with van der Waals surface area (Å²) in [5, 5.41) is 12.4. The van der Waals surface area contributed by atoms with Crippen LogP contribution in [0.1, 0.15) is 18.9 Å². The van der Waals surface area contributed by atoms with Crippen molar-refractivity contribution in [3.05, 3.63) is 35.9 Å². The number of carbonyl (C=O) groups is 1. The Bertz CT molecular complexity index is 584. The topological polar surface area (TPSA) is 83.5 Å². The van der Waals surface area contributed by atoms with Crippen molar-refractivity contribution < 1.29 is 18.3 Å². The molecule has 0 aliphatic carbocycles. The molecule has 2 N–H and O–H groups in total. The highest BCUT2D eigenvalue weighted by Crippen LogP contribution is 2.23. The van der Waals surface area contributed by atoms with Crippen molar-refractivity contribution in [1.29, 1.82) is 0 Å². The lowest BCUT2D eigenvalue weighted by Gasteiger charge is -2.30. The number of carbonyl (C=O) groups excluding carboxylic acids is 1. The molecule has 6 heteroatoms. The molecule has 20 heavy (non-hydrogen) atoms. The van der Waals surface area contributed by atoms with E-state index in [9.17, 15) is 18.3 Å². The standard InChI is InChI=1S/C14H19NO4S/c1-14(10-16,12-5-3-2-4-6-12)15-13(17)11-7-8-20(18,19)9-11/h2-6,11,16H,7-10H2,1H3,(H,15,17). The van der Waals surface area contributed by atoms with Gasteiger partial charge < -0.3 is 10.4 Å². The highest BCUT2D eigenvalue weighted by atomic mass is 32.2. The molecule has 0 radical (unpaired) electrons. The average Bonchev–Trinajstić information content (AvgIpc) is 2.80. The summed E-state index contributed by atoms with van der Waals surface area (Å²) in [4.78, 5) is 12.2. The highest BCUT2D eigenvalue weighted by molar-refractivity contribution is 7.91. The molecule has 110 valence electrons. The molecular weight excluding hydrogens is 278 g/mol. The number of rotatable bonds is 4. The molecule has 1 aromatic rings. The van der Waals surface area contributed by atoms with Crippen LogP contribution in [0.4, 0.5) is 0 Å². The summed E-state index contributed by atoms with van der Waals surface area (Å²) in [5.74, 6) is -0.873. The van der Waals surface area contributed by atoms with Crippen LogP contribution in [0.25, 0.3) is 0 Å². The zero-order chi connectivity index (χ0) is 14.8. The summed E-state index contributed by atoms with van der Waals surface area (Å²) in [6.07, 6.45) is 0.352. The van der Waals surface area contributed by atoms with E-state index in [0.717, 1.165) is 5.56 Å². The van der Waals surface area contributed by atoms with Crippen LogP contribution >= 0.6 is 0 Å². The van der Waals surface area contributed by atoms with Gasteiger partial charge in [0, 0.05) is 0 Å². The third-order valence-electron chi connectivity index (χ3n) is 3.73. The first-order valence-electron chi connectivity index (χ1n) is 6.55. The quantitative estimate of drug-likeness (QED) is 0.845. The molecule has 2 unspecified atom stereocenters. The lowest BCUT2D eigenvalue weighted by molar-refractivity contribution is -0.126. The zero-order valence-electron chi connectivity index (χ0n) is 11.4. The van der Waals surface area contributed by atoms with Crippen LogP contribution in [-0.4, -0.2) is 37.5 Å². The first-order chi connectivity index (χ1) is 9.36. The van der Waals surface area contributed by atoms with Crippen molar-refractivity contribution >= 4 is 15.7 Å². The maximum atomic E-state index is 12.2. The molecule has 0 saturated carbocycles. The van der Waals surface area contributed by atoms with Gasteiger partial charge in [-0.3, -0.25) is 4.79 Å². The van der Waals surface area contributed by atoms with Crippen molar-refractivity contribution in [2.45, 2.75) is 18.9 Å². The van der Waals surface area contributed by atoms with E-state index in [1.54, 1.807) is 6.92 Å². The van der Waals surface area contributed by atoms with Crippen molar-refractivity contribution in [2.75, 3.05) is 18.1 Å². The molecule has 1 aliphatic heterocycles. The number of aliphatic hydroxyl groups is 1. The van der Waals surface area contributed by atoms with E-state index in [4.69, 9.17) is 0 Å². The minimum absolute atomic E-state index is 0.0618. The molecule has 1 amide bonds. The van der Waals surface area contributed by atoms with Crippen LogP contribution in [0.15, 0.2) is 30.3 Å². The van der Waals surface area contributed by atoms with Crippen molar-refractivity contribution in [2.24, 2.45) is 5.92 Å². The summed E-state index contributed by atoms with van der Waals surface area (Å²) in [6, 6.07) is 9.15. The van der Waals surface area contributed by atoms with E-state index in [2.05, 4.69) is 5.32 Å². The number of hydrogen-bond acceptors (Lipinski definition) is 4. The van der Waals surface area contributed by atoms with Gasteiger partial charge in [-0.1, -0.05) is 30.3 Å². The van der Waals surface area contributed by atoms with Crippen LogP contribution in [0.5, 0.6) is 0 Å². The Hall–Kier alpha value is -1.40. The molecule has 0 spiro atoms. The maximum Gasteiger partial charge on any atom is 0.224 e. The fourth-order valence-electron chi connectivity index (χ4n) is 2.38. The Morgan fingerprint density at radius 3 is 2.55 bits per heavy atom. The molecule has 1 fully saturated rings. The van der Waals surface area contributed by atoms with E-state index >= 15 is 0 Å². The molecule has 0 bridgehead atoms. The molecule has 0 aromatic heterocycles. The molecule has 1 saturated heterocycles. The molecule has 2 rings (SSSR count). The smallest absolute Gasteiger partial charge is 0.224 e. The second kappa shape index (κ2) is 5.54. The normalized spacial score (nSPS) is 24.0. The predicted molar refractivity (Wildman–Crippen MR) is 75.8 cm³/mol. The van der Waals surface area contributed by atoms with Crippen molar-refractivity contribution in [3.8, 4) is 0 Å². The first kappa shape index (κ1) is 15.0. The number of aliphatic hydroxyl groups excluding tert-OH is 1. The van der Waals surface area contributed by atoms with E-state index in [1.807, 2.05) is 30.3 Å². The average molecular weight is 297 g/mol. The van der Waals surface area contributed by atoms with Gasteiger partial charge >= 0.3 is 0 Å². The van der Waals surface area contributed by atoms with Gasteiger partial charge in [0.2, 0.25) is 5.91 Å². The number of nitrogens with one attached hydrogen (secondary N) is 1. The highest BCUT2D eigenvalue weighted by Gasteiger charge is 2.36. The van der Waals surface area contributed by atoms with E-state index in [1.165, 1.54) is 0 Å². The molecule has 1 aromatic carbocycles. The van der Waals surface area contributed by atoms with Crippen molar-refractivity contribution in [3.63, 3.8) is 0 Å². The van der Waals surface area contributed by atoms with Crippen LogP contribution < -0.4 is 5.32 Å². The second-order valence-electron chi connectivity index (χ2n) is 5.45. The minimum atomic E-state index is -3.09. The fraction of sp³-hybridized carbons (Fsp3) is 0.500. The van der Waals surface area contributed by atoms with Crippen molar-refractivity contribution in [1.82, 2.24) is 5.32 Å². The molecule has 1 aliphatic rings. The SMILES string of the molecule is CC(CO)(NC(=O)C1CCS(=O)(=O)C1)c1ccccc1. The Morgan fingerprint density at radius 2 is 2.05 bits per heavy atom. The summed E-state index contributed by atoms with van der Waals surface area (Å²) >= 11 is 0. The molecule has 2 atom stereocenters. The zero-order valence-corrected chi connectivity index (χ0v) is 12.2. The second-order valence-corrected chi connectivity index (χ2v) is 7.67. The number of amides is 1. The van der Waals surface area contributed by atoms with Crippen LogP contribution in [0, 0.1) is 5.92 Å². The van der Waals surface area contributed by atoms with Gasteiger partial charge in [-0.25, -0.2) is 8.42 Å². The number of sulfone groups is 1. The van der Waals surface area contributed by atoms with E-state index in [0.29, 0.717) is 6.42 Å². The number of hydrogen-bond donors (Lipinski definition) is 2. The van der Waals surface area contributed by atoms with Crippen LogP contribution in [-0.2, 0) is 20.2 Å². The van der Waals surface area contributed by atoms with Gasteiger partial charge in [0.25, 0.3) is 0 Å². The molecular formula is C14H19NO4S. The minimum Gasteiger partial charge on any atom is -0.394 e. The van der Waals surface area contributed by atoms with Gasteiger partial charge in [-0.2, -0.15) is 0 Å². The predicted octanol–water partition coefficient (Wildman–Crippen LogP) is 0.445. The van der Waals surface area contributed by atoms with E-state index < -0.39 is 21.3 Å². The third kappa shape index (κ3) is 3.19. The Labute approximate surface area is 118 Å². The fourth-order valence-corrected chi connectivity index (χ4v) is 4.13. The van der Waals surface area contributed by atoms with Gasteiger partial charge in [0.05, 0.1) is 29.6 Å². The van der Waals surface area contributed by atoms with Crippen LogP contribution in [0.2, 0.25) is 0 Å². The largest absolute Gasteiger partial charge is 0.394 e. The Morgan fingerprint density at radius 1 is 1.40 bits per heavy atom. The molecule has 1 heterocycles. The summed E-state index contributed by atoms with van der Waals surface area (Å²) in [7, 11) is -3.09. The summed E-state index contributed by atoms with van der Waals surface area (Å²) < 4.78 is 22.8.